The van der Waals surface area contributed by atoms with E-state index in [1.807, 2.05) is 0 Å². The number of hydrogen-bond donors (Lipinski definition) is 1. The molecule has 1 rings (SSSR count). The van der Waals surface area contributed by atoms with Gasteiger partial charge in [-0.05, 0) is 6.42 Å². The van der Waals surface area contributed by atoms with Crippen LogP contribution in [0.2, 0.25) is 0 Å². The summed E-state index contributed by atoms with van der Waals surface area (Å²) in [5.74, 6) is -1.29. The Balaban J connectivity index is 2.47. The number of unbranched alkanes of at least 4 members (excludes halogenated alkanes) is 4. The summed E-state index contributed by atoms with van der Waals surface area (Å²) < 4.78 is 14.5. The van der Waals surface area contributed by atoms with Crippen molar-refractivity contribution in [3.05, 3.63) is 11.6 Å². The van der Waals surface area contributed by atoms with Crippen LogP contribution in [-0.4, -0.2) is 49.6 Å². The highest BCUT2D eigenvalue weighted by Gasteiger charge is 2.49. The summed E-state index contributed by atoms with van der Waals surface area (Å²) in [5.41, 5.74) is 0.0874. The van der Waals surface area contributed by atoms with E-state index in [0.29, 0.717) is 6.42 Å². The Morgan fingerprint density at radius 3 is 2.45 bits per heavy atom. The van der Waals surface area contributed by atoms with E-state index in [-0.39, 0.29) is 5.57 Å². The molecule has 3 unspecified atom stereocenters. The molecule has 1 N–H and O–H groups in total. The summed E-state index contributed by atoms with van der Waals surface area (Å²) >= 11 is 0. The van der Waals surface area contributed by atoms with Crippen molar-refractivity contribution >= 4 is 11.9 Å². The molecule has 0 bridgehead atoms. The maximum absolute atomic E-state index is 11.7. The number of carbonyl (C=O) groups excluding carboxylic acids is 2. The molecule has 6 nitrogen and oxygen atoms in total. The van der Waals surface area contributed by atoms with Crippen molar-refractivity contribution in [1.29, 1.82) is 0 Å². The van der Waals surface area contributed by atoms with E-state index in [2.05, 4.69) is 16.4 Å². The third-order valence-electron chi connectivity index (χ3n) is 3.71. The van der Waals surface area contributed by atoms with Crippen LogP contribution in [0.5, 0.6) is 0 Å². The van der Waals surface area contributed by atoms with Crippen molar-refractivity contribution in [2.45, 2.75) is 63.8 Å². The summed E-state index contributed by atoms with van der Waals surface area (Å²) in [6.07, 6.45) is 5.52. The largest absolute Gasteiger partial charge is 0.466 e. The van der Waals surface area contributed by atoms with E-state index < -0.39 is 30.3 Å². The Hall–Kier alpha value is -1.40. The standard InChI is InChI=1S/C16H26O6/c1-4-5-6-7-8-9-12(17)15-14(22-15)11(16(19)21-3)10-13(18)20-2/h10,12,14-15,17H,4-9H2,1-3H3/b11-10-. The van der Waals surface area contributed by atoms with E-state index >= 15 is 0 Å². The highest BCUT2D eigenvalue weighted by atomic mass is 16.6. The number of epoxide rings is 1. The topological polar surface area (TPSA) is 85.4 Å². The number of carbonyl (C=O) groups is 2. The molecule has 1 aliphatic rings. The lowest BCUT2D eigenvalue weighted by Gasteiger charge is -2.08. The molecule has 22 heavy (non-hydrogen) atoms. The molecule has 3 atom stereocenters. The molecule has 1 aliphatic heterocycles. The molecule has 0 spiro atoms. The second-order valence-electron chi connectivity index (χ2n) is 5.41. The van der Waals surface area contributed by atoms with Crippen LogP contribution < -0.4 is 0 Å². The quantitative estimate of drug-likeness (QED) is 0.286. The average molecular weight is 314 g/mol. The van der Waals surface area contributed by atoms with Gasteiger partial charge in [0.1, 0.15) is 12.2 Å². The van der Waals surface area contributed by atoms with Gasteiger partial charge >= 0.3 is 11.9 Å². The predicted octanol–water partition coefficient (Wildman–Crippen LogP) is 1.75. The molecule has 0 saturated carbocycles. The fourth-order valence-corrected chi connectivity index (χ4v) is 2.35. The van der Waals surface area contributed by atoms with E-state index in [1.54, 1.807) is 0 Å². The third-order valence-corrected chi connectivity index (χ3v) is 3.71. The molecule has 0 aromatic carbocycles. The number of methoxy groups -OCH3 is 2. The zero-order valence-corrected chi connectivity index (χ0v) is 13.5. The normalized spacial score (nSPS) is 22.1. The molecule has 6 heteroatoms. The maximum atomic E-state index is 11.7. The van der Waals surface area contributed by atoms with Gasteiger partial charge in [-0.2, -0.15) is 0 Å². The van der Waals surface area contributed by atoms with Crippen LogP contribution in [0, 0.1) is 0 Å². The number of esters is 2. The summed E-state index contributed by atoms with van der Waals surface area (Å²) in [4.78, 5) is 23.0. The smallest absolute Gasteiger partial charge is 0.336 e. The Kier molecular flexibility index (Phi) is 8.12. The first kappa shape index (κ1) is 18.6. The van der Waals surface area contributed by atoms with Gasteiger partial charge in [0.05, 0.1) is 25.9 Å². The fraction of sp³-hybridized carbons (Fsp3) is 0.750. The number of rotatable bonds is 10. The molecular formula is C16H26O6. The first-order chi connectivity index (χ1) is 10.5. The number of aliphatic hydroxyl groups is 1. The molecule has 1 saturated heterocycles. The van der Waals surface area contributed by atoms with Crippen LogP contribution in [-0.2, 0) is 23.8 Å². The van der Waals surface area contributed by atoms with Crippen LogP contribution in [0.25, 0.3) is 0 Å². The van der Waals surface area contributed by atoms with E-state index in [0.717, 1.165) is 25.3 Å². The van der Waals surface area contributed by atoms with E-state index in [4.69, 9.17) is 4.74 Å². The summed E-state index contributed by atoms with van der Waals surface area (Å²) in [6, 6.07) is 0. The highest BCUT2D eigenvalue weighted by Crippen LogP contribution is 2.34. The zero-order chi connectivity index (χ0) is 16.5. The SMILES string of the molecule is CCCCCCCC(O)C1OC1/C(=C/C(=O)OC)C(=O)OC. The van der Waals surface area contributed by atoms with Crippen LogP contribution in [0.15, 0.2) is 11.6 Å². The summed E-state index contributed by atoms with van der Waals surface area (Å²) in [6.45, 7) is 2.15. The van der Waals surface area contributed by atoms with Crippen molar-refractivity contribution in [2.24, 2.45) is 0 Å². The first-order valence-electron chi connectivity index (χ1n) is 7.76. The van der Waals surface area contributed by atoms with Crippen molar-refractivity contribution in [3.8, 4) is 0 Å². The fourth-order valence-electron chi connectivity index (χ4n) is 2.35. The molecular weight excluding hydrogens is 288 g/mol. The number of hydrogen-bond acceptors (Lipinski definition) is 6. The molecule has 0 radical (unpaired) electrons. The van der Waals surface area contributed by atoms with Crippen LogP contribution in [0.1, 0.15) is 45.4 Å². The highest BCUT2D eigenvalue weighted by molar-refractivity contribution is 5.97. The van der Waals surface area contributed by atoms with Crippen molar-refractivity contribution in [3.63, 3.8) is 0 Å². The van der Waals surface area contributed by atoms with Gasteiger partial charge < -0.3 is 19.3 Å². The molecule has 0 aliphatic carbocycles. The van der Waals surface area contributed by atoms with Gasteiger partial charge in [-0.1, -0.05) is 39.0 Å². The van der Waals surface area contributed by atoms with Gasteiger partial charge in [-0.15, -0.1) is 0 Å². The van der Waals surface area contributed by atoms with Gasteiger partial charge in [0.15, 0.2) is 0 Å². The van der Waals surface area contributed by atoms with E-state index in [9.17, 15) is 14.7 Å². The van der Waals surface area contributed by atoms with Gasteiger partial charge in [-0.3, -0.25) is 0 Å². The molecule has 0 amide bonds. The Labute approximate surface area is 131 Å². The number of aliphatic hydroxyl groups excluding tert-OH is 1. The minimum absolute atomic E-state index is 0.0874. The Morgan fingerprint density at radius 1 is 1.18 bits per heavy atom. The monoisotopic (exact) mass is 314 g/mol. The van der Waals surface area contributed by atoms with Gasteiger partial charge in [0.25, 0.3) is 0 Å². The van der Waals surface area contributed by atoms with E-state index in [1.165, 1.54) is 27.1 Å². The molecule has 126 valence electrons. The van der Waals surface area contributed by atoms with Gasteiger partial charge in [-0.25, -0.2) is 9.59 Å². The molecule has 1 fully saturated rings. The zero-order valence-electron chi connectivity index (χ0n) is 13.5. The molecule has 0 aromatic heterocycles. The lowest BCUT2D eigenvalue weighted by Crippen LogP contribution is -2.21. The Morgan fingerprint density at radius 2 is 1.86 bits per heavy atom. The minimum atomic E-state index is -0.649. The van der Waals surface area contributed by atoms with Crippen LogP contribution >= 0.6 is 0 Å². The third kappa shape index (κ3) is 5.77. The van der Waals surface area contributed by atoms with Crippen molar-refractivity contribution in [2.75, 3.05) is 14.2 Å². The lowest BCUT2D eigenvalue weighted by molar-refractivity contribution is -0.138. The van der Waals surface area contributed by atoms with Crippen LogP contribution in [0.4, 0.5) is 0 Å². The second kappa shape index (κ2) is 9.58. The number of ether oxygens (including phenoxy) is 3. The second-order valence-corrected chi connectivity index (χ2v) is 5.41. The van der Waals surface area contributed by atoms with Crippen molar-refractivity contribution in [1.82, 2.24) is 0 Å². The first-order valence-corrected chi connectivity index (χ1v) is 7.76. The lowest BCUT2D eigenvalue weighted by atomic mass is 10.0. The van der Waals surface area contributed by atoms with Crippen LogP contribution in [0.3, 0.4) is 0 Å². The molecule has 1 heterocycles. The maximum Gasteiger partial charge on any atom is 0.336 e. The Bertz CT molecular complexity index is 403. The molecule has 0 aromatic rings. The summed E-state index contributed by atoms with van der Waals surface area (Å²) in [5, 5.41) is 10.1. The van der Waals surface area contributed by atoms with Gasteiger partial charge in [0.2, 0.25) is 0 Å². The predicted molar refractivity (Wildman–Crippen MR) is 80.2 cm³/mol. The summed E-state index contributed by atoms with van der Waals surface area (Å²) in [7, 11) is 2.46. The minimum Gasteiger partial charge on any atom is -0.466 e. The van der Waals surface area contributed by atoms with Crippen molar-refractivity contribution < 1.29 is 28.9 Å². The van der Waals surface area contributed by atoms with Gasteiger partial charge in [0, 0.05) is 6.08 Å². The average Bonchev–Trinajstić information content (AvgIpc) is 3.31.